The van der Waals surface area contributed by atoms with E-state index >= 15 is 0 Å². The molecule has 288 valence electrons. The number of likely N-dealkylation sites (N-methyl/N-ethyl adjacent to an activating group) is 1. The zero-order valence-electron chi connectivity index (χ0n) is 30.7. The maximum absolute atomic E-state index is 13.5. The number of carbonyl (C=O) groups is 1. The second-order valence-corrected chi connectivity index (χ2v) is 13.3. The number of carbonyl (C=O) groups excluding carboxylic acids is 1. The largest absolute Gasteiger partial charge is 0.382 e. The summed E-state index contributed by atoms with van der Waals surface area (Å²) in [6, 6.07) is 14.1. The van der Waals surface area contributed by atoms with Crippen LogP contribution >= 0.6 is 23.7 Å². The van der Waals surface area contributed by atoms with Gasteiger partial charge in [-0.3, -0.25) is 4.79 Å². The lowest BCUT2D eigenvalue weighted by Gasteiger charge is -2.32. The first kappa shape index (κ1) is 43.4. The van der Waals surface area contributed by atoms with E-state index in [9.17, 15) is 4.79 Å². The maximum atomic E-state index is 13.5. The molecule has 1 unspecified atom stereocenters. The zero-order chi connectivity index (χ0) is 36.4. The molecule has 0 bridgehead atoms. The first-order valence-electron chi connectivity index (χ1n) is 17.9. The van der Waals surface area contributed by atoms with Gasteiger partial charge in [0.05, 0.1) is 98.4 Å². The SMILES string of the molecule is COCCOCCOCCOCCOCCOCCOCCNSNc1cccc(C(CN2CCCC2)N(C)C(=O)Cc2ccc(C)c(Cl)c2)c1. The van der Waals surface area contributed by atoms with E-state index in [2.05, 4.69) is 26.5 Å². The molecular formula is C37H59ClN4O8S. The van der Waals surface area contributed by atoms with E-state index in [0.29, 0.717) is 104 Å². The predicted molar refractivity (Wildman–Crippen MR) is 204 cm³/mol. The van der Waals surface area contributed by atoms with Crippen molar-refractivity contribution in [3.8, 4) is 0 Å². The van der Waals surface area contributed by atoms with E-state index < -0.39 is 0 Å². The zero-order valence-corrected chi connectivity index (χ0v) is 32.3. The van der Waals surface area contributed by atoms with Gasteiger partial charge >= 0.3 is 0 Å². The van der Waals surface area contributed by atoms with Crippen molar-refractivity contribution in [3.63, 3.8) is 0 Å². The number of anilines is 1. The number of hydrogen-bond donors (Lipinski definition) is 2. The van der Waals surface area contributed by atoms with Gasteiger partial charge in [0.1, 0.15) is 0 Å². The molecule has 2 N–H and O–H groups in total. The minimum Gasteiger partial charge on any atom is -0.382 e. The molecule has 1 fully saturated rings. The molecule has 2 aromatic rings. The number of halogens is 1. The molecule has 2 aromatic carbocycles. The van der Waals surface area contributed by atoms with E-state index in [-0.39, 0.29) is 11.9 Å². The summed E-state index contributed by atoms with van der Waals surface area (Å²) in [7, 11) is 3.56. The van der Waals surface area contributed by atoms with Gasteiger partial charge in [0.25, 0.3) is 0 Å². The molecule has 51 heavy (non-hydrogen) atoms. The molecule has 1 saturated heterocycles. The quantitative estimate of drug-likeness (QED) is 0.0845. The number of methoxy groups -OCH3 is 1. The van der Waals surface area contributed by atoms with Crippen LogP contribution in [-0.2, 0) is 44.4 Å². The monoisotopic (exact) mass is 754 g/mol. The van der Waals surface area contributed by atoms with Crippen LogP contribution in [0.1, 0.15) is 35.6 Å². The summed E-state index contributed by atoms with van der Waals surface area (Å²) < 4.78 is 44.5. The Morgan fingerprint density at radius 1 is 0.824 bits per heavy atom. The molecule has 1 aliphatic heterocycles. The van der Waals surface area contributed by atoms with Crippen molar-refractivity contribution >= 4 is 35.3 Å². The van der Waals surface area contributed by atoms with Crippen molar-refractivity contribution in [2.24, 2.45) is 0 Å². The van der Waals surface area contributed by atoms with Gasteiger partial charge in [0, 0.05) is 50.1 Å². The van der Waals surface area contributed by atoms with E-state index in [1.807, 2.05) is 49.2 Å². The summed E-state index contributed by atoms with van der Waals surface area (Å²) in [6.45, 7) is 12.6. The van der Waals surface area contributed by atoms with Gasteiger partial charge in [-0.15, -0.1) is 0 Å². The highest BCUT2D eigenvalue weighted by atomic mass is 35.5. The number of nitrogens with zero attached hydrogens (tertiary/aromatic N) is 2. The van der Waals surface area contributed by atoms with Crippen LogP contribution in [0.5, 0.6) is 0 Å². The number of ether oxygens (including phenoxy) is 7. The molecule has 0 aliphatic carbocycles. The van der Waals surface area contributed by atoms with Gasteiger partial charge in [0.2, 0.25) is 5.91 Å². The third-order valence-corrected chi connectivity index (χ3v) is 9.33. The summed E-state index contributed by atoms with van der Waals surface area (Å²) in [5.74, 6) is 0.0723. The number of rotatable bonds is 30. The van der Waals surface area contributed by atoms with Crippen LogP contribution in [0.3, 0.4) is 0 Å². The smallest absolute Gasteiger partial charge is 0.227 e. The third-order valence-electron chi connectivity index (χ3n) is 8.24. The van der Waals surface area contributed by atoms with Gasteiger partial charge in [0.15, 0.2) is 0 Å². The summed E-state index contributed by atoms with van der Waals surface area (Å²) in [4.78, 5) is 17.8. The second kappa shape index (κ2) is 27.6. The topological polar surface area (TPSA) is 112 Å². The van der Waals surface area contributed by atoms with Crippen LogP contribution in [0.4, 0.5) is 5.69 Å². The standard InChI is InChI=1S/C37H59ClN4O8S/c1-31-9-10-32(27-35(31)38)28-37(43)41(2)36(30-42-12-4-5-13-42)33-7-6-8-34(29-33)40-51-39-11-14-45-17-18-47-21-22-49-25-26-50-24-23-48-20-19-46-16-15-44-3/h6-10,27,29,36,39-40H,4-5,11-26,28,30H2,1-3H3. The Hall–Kier alpha value is -2.01. The van der Waals surface area contributed by atoms with E-state index in [0.717, 1.165) is 42.0 Å². The molecule has 3 rings (SSSR count). The molecule has 14 heteroatoms. The van der Waals surface area contributed by atoms with Gasteiger partial charge in [-0.25, -0.2) is 4.72 Å². The van der Waals surface area contributed by atoms with Crippen LogP contribution in [-0.4, -0.2) is 142 Å². The Morgan fingerprint density at radius 2 is 1.39 bits per heavy atom. The molecular weight excluding hydrogens is 696 g/mol. The van der Waals surface area contributed by atoms with Crippen molar-refractivity contribution in [2.45, 2.75) is 32.2 Å². The van der Waals surface area contributed by atoms with Crippen molar-refractivity contribution in [2.75, 3.05) is 131 Å². The van der Waals surface area contributed by atoms with Gasteiger partial charge in [-0.1, -0.05) is 35.9 Å². The Labute approximate surface area is 314 Å². The fourth-order valence-electron chi connectivity index (χ4n) is 5.29. The van der Waals surface area contributed by atoms with Crippen LogP contribution in [0.2, 0.25) is 5.02 Å². The van der Waals surface area contributed by atoms with Crippen molar-refractivity contribution in [3.05, 3.63) is 64.2 Å². The molecule has 1 amide bonds. The highest BCUT2D eigenvalue weighted by Gasteiger charge is 2.26. The lowest BCUT2D eigenvalue weighted by Crippen LogP contribution is -2.39. The van der Waals surface area contributed by atoms with E-state index in [1.165, 1.54) is 25.0 Å². The maximum Gasteiger partial charge on any atom is 0.227 e. The predicted octanol–water partition coefficient (Wildman–Crippen LogP) is 4.80. The van der Waals surface area contributed by atoms with Crippen LogP contribution in [0.25, 0.3) is 0 Å². The number of amides is 1. The first-order valence-corrected chi connectivity index (χ1v) is 19.1. The van der Waals surface area contributed by atoms with Gasteiger partial charge in [-0.05, 0) is 67.7 Å². The van der Waals surface area contributed by atoms with Crippen LogP contribution in [0, 0.1) is 6.92 Å². The minimum absolute atomic E-state index is 0.0638. The normalized spacial score (nSPS) is 13.9. The first-order chi connectivity index (χ1) is 25.0. The molecule has 12 nitrogen and oxygen atoms in total. The third kappa shape index (κ3) is 19.1. The van der Waals surface area contributed by atoms with Crippen molar-refractivity contribution in [1.82, 2.24) is 14.5 Å². The van der Waals surface area contributed by atoms with Crippen molar-refractivity contribution in [1.29, 1.82) is 0 Å². The van der Waals surface area contributed by atoms with E-state index in [4.69, 9.17) is 44.8 Å². The highest BCUT2D eigenvalue weighted by molar-refractivity contribution is 7.98. The minimum atomic E-state index is -0.0638. The Bertz CT molecular complexity index is 1210. The van der Waals surface area contributed by atoms with Crippen LogP contribution < -0.4 is 9.44 Å². The Morgan fingerprint density at radius 3 is 1.96 bits per heavy atom. The van der Waals surface area contributed by atoms with Gasteiger partial charge < -0.3 is 47.7 Å². The molecule has 1 heterocycles. The Kier molecular flexibility index (Phi) is 23.5. The fourth-order valence-corrected chi connectivity index (χ4v) is 6.00. The summed E-state index contributed by atoms with van der Waals surface area (Å²) in [6.07, 6.45) is 2.71. The summed E-state index contributed by atoms with van der Waals surface area (Å²) >= 11 is 7.75. The molecule has 0 radical (unpaired) electrons. The summed E-state index contributed by atoms with van der Waals surface area (Å²) in [5, 5.41) is 0.688. The lowest BCUT2D eigenvalue weighted by molar-refractivity contribution is -0.131. The molecule has 0 aromatic heterocycles. The fraction of sp³-hybridized carbons (Fsp3) is 0.649. The molecule has 1 atom stereocenters. The Balaban J connectivity index is 1.22. The number of hydrogen-bond acceptors (Lipinski definition) is 12. The molecule has 0 saturated carbocycles. The highest BCUT2D eigenvalue weighted by Crippen LogP contribution is 2.27. The lowest BCUT2D eigenvalue weighted by atomic mass is 10.0. The molecule has 1 aliphatic rings. The number of benzene rings is 2. The average Bonchev–Trinajstić information content (AvgIpc) is 3.66. The summed E-state index contributed by atoms with van der Waals surface area (Å²) in [5.41, 5.74) is 4.00. The number of nitrogens with one attached hydrogen (secondary N) is 2. The average molecular weight is 755 g/mol. The van der Waals surface area contributed by atoms with Gasteiger partial charge in [-0.2, -0.15) is 0 Å². The van der Waals surface area contributed by atoms with Crippen LogP contribution in [0.15, 0.2) is 42.5 Å². The van der Waals surface area contributed by atoms with Crippen molar-refractivity contribution < 1.29 is 38.0 Å². The second-order valence-electron chi connectivity index (χ2n) is 12.2. The molecule has 0 spiro atoms. The van der Waals surface area contributed by atoms with E-state index in [1.54, 1.807) is 7.11 Å². The number of aryl methyl sites for hydroxylation is 1. The number of likely N-dealkylation sites (tertiary alicyclic amines) is 1.